The van der Waals surface area contributed by atoms with Gasteiger partial charge in [-0.15, -0.1) is 0 Å². The fourth-order valence-electron chi connectivity index (χ4n) is 34.6. The third kappa shape index (κ3) is 17.2. The number of phenolic OH excluding ortho intramolecular Hbond substituents is 1. The molecule has 12 nitrogen and oxygen atoms in total. The van der Waals surface area contributed by atoms with Crippen LogP contribution < -0.4 is 9.92 Å². The quantitative estimate of drug-likeness (QED) is 0.0545. The van der Waals surface area contributed by atoms with E-state index in [2.05, 4.69) is 163 Å². The Morgan fingerprint density at radius 1 is 0.345 bits per heavy atom. The van der Waals surface area contributed by atoms with E-state index >= 15 is 0 Å². The highest BCUT2D eigenvalue weighted by molar-refractivity contribution is 7.88. The summed E-state index contributed by atoms with van der Waals surface area (Å²) in [6.45, 7) is 17.5. The van der Waals surface area contributed by atoms with Crippen molar-refractivity contribution in [3.05, 3.63) is 259 Å². The molecule has 0 amide bonds. The number of phenols is 1. The molecule has 0 aromatic heterocycles. The fraction of sp³-hybridized carbons (Fsp3) is 0.556. The predicted octanol–water partition coefficient (Wildman–Crippen LogP) is 28.3. The lowest BCUT2D eigenvalue weighted by Gasteiger charge is -2.48. The second kappa shape index (κ2) is 37.4. The molecule has 26 rings (SSSR count). The minimum atomic E-state index is -5.66. The minimum Gasteiger partial charge on any atom is -0.508 e. The number of hydrogen-bond donors (Lipinski definition) is 2. The molecule has 8 aromatic rings. The smallest absolute Gasteiger partial charge is 0.508 e. The first-order valence-corrected chi connectivity index (χ1v) is 55.6. The Hall–Kier alpha value is -9.55. The summed E-state index contributed by atoms with van der Waals surface area (Å²) >= 11 is 0. The zero-order chi connectivity index (χ0) is 99.4. The first-order chi connectivity index (χ1) is 67.8. The first-order valence-electron chi connectivity index (χ1n) is 54.2. The number of aryl methyl sites for hydroxylation is 6. The summed E-state index contributed by atoms with van der Waals surface area (Å²) in [6.07, 6.45) is 35.4. The maximum atomic E-state index is 13.5. The highest BCUT2D eigenvalue weighted by Gasteiger charge is 2.64. The third-order valence-corrected chi connectivity index (χ3v) is 42.8. The van der Waals surface area contributed by atoms with Crippen molar-refractivity contribution in [1.29, 1.82) is 0 Å². The molecule has 0 saturated heterocycles. The van der Waals surface area contributed by atoms with Crippen LogP contribution >= 0.6 is 0 Å². The largest absolute Gasteiger partial charge is 0.534 e. The van der Waals surface area contributed by atoms with Gasteiger partial charge in [0.25, 0.3) is 0 Å². The Labute approximate surface area is 836 Å². The maximum Gasteiger partial charge on any atom is 0.534 e. The normalized spacial score (nSPS) is 35.4. The first kappa shape index (κ1) is 98.5. The summed E-state index contributed by atoms with van der Waals surface area (Å²) in [5.41, 5.74) is 20.8. The molecule has 18 unspecified atom stereocenters. The second-order valence-corrected chi connectivity index (χ2v) is 50.4. The van der Waals surface area contributed by atoms with Crippen LogP contribution in [-0.4, -0.2) is 59.4 Å². The van der Waals surface area contributed by atoms with Crippen LogP contribution in [0, 0.1) is 121 Å². The van der Waals surface area contributed by atoms with Gasteiger partial charge in [0.05, 0.1) is 11.4 Å². The van der Waals surface area contributed by atoms with Crippen LogP contribution in [0.1, 0.15) is 355 Å². The highest BCUT2D eigenvalue weighted by Crippen LogP contribution is 2.68. The van der Waals surface area contributed by atoms with Crippen LogP contribution in [0.4, 0.5) is 33.3 Å². The molecular weight excluding hydrogens is 1800 g/mol. The van der Waals surface area contributed by atoms with Crippen molar-refractivity contribution < 1.29 is 68.4 Å². The van der Waals surface area contributed by atoms with Gasteiger partial charge in [-0.05, 0) is 439 Å². The number of rotatable bonds is 5. The fourth-order valence-corrected chi connectivity index (χ4v) is 35.0. The lowest BCUT2D eigenvalue weighted by Crippen LogP contribution is -2.43. The van der Waals surface area contributed by atoms with Gasteiger partial charge in [-0.2, -0.15) is 21.6 Å². The minimum absolute atomic E-state index is 0.00746. The van der Waals surface area contributed by atoms with Crippen molar-refractivity contribution in [3.8, 4) is 11.5 Å². The number of aromatic hydroxyl groups is 1. The van der Waals surface area contributed by atoms with Gasteiger partial charge in [0.2, 0.25) is 0 Å². The summed E-state index contributed by atoms with van der Waals surface area (Å²) in [7, 11) is -5.66. The van der Waals surface area contributed by atoms with Gasteiger partial charge >= 0.3 is 15.6 Å². The summed E-state index contributed by atoms with van der Waals surface area (Å²) in [6, 6.07) is 55.3. The number of Topliss-reactive ketones (excluding diaryl/α,β-unsaturated/α-hetero) is 6. The monoisotopic (exact) mass is 1950 g/mol. The van der Waals surface area contributed by atoms with Crippen LogP contribution in [0.5, 0.6) is 11.5 Å². The van der Waals surface area contributed by atoms with Crippen molar-refractivity contribution in [2.45, 2.75) is 321 Å². The van der Waals surface area contributed by atoms with E-state index in [9.17, 15) is 64.2 Å². The number of alkyl halides is 3. The molecule has 18 heteroatoms. The van der Waals surface area contributed by atoms with Gasteiger partial charge in [-0.1, -0.05) is 152 Å². The molecule has 142 heavy (non-hydrogen) atoms. The van der Waals surface area contributed by atoms with Crippen LogP contribution in [0.3, 0.4) is 0 Å². The van der Waals surface area contributed by atoms with Crippen molar-refractivity contribution in [2.75, 3.05) is 5.73 Å². The topological polar surface area (TPSA) is 204 Å². The molecule has 0 bridgehead atoms. The number of fused-ring (bicyclic) bond motifs is 30. The molecular formula is C124H143F5N2O10S. The lowest BCUT2D eigenvalue weighted by molar-refractivity contribution is -0.135. The van der Waals surface area contributed by atoms with E-state index in [1.54, 1.807) is 30.3 Å². The van der Waals surface area contributed by atoms with Crippen molar-refractivity contribution in [1.82, 2.24) is 0 Å². The zero-order valence-electron chi connectivity index (χ0n) is 84.3. The van der Waals surface area contributed by atoms with Gasteiger partial charge in [-0.3, -0.25) is 28.8 Å². The van der Waals surface area contributed by atoms with Crippen molar-refractivity contribution in [2.24, 2.45) is 114 Å². The Morgan fingerprint density at radius 2 is 0.648 bits per heavy atom. The lowest BCUT2D eigenvalue weighted by atomic mass is 9.55. The van der Waals surface area contributed by atoms with Crippen LogP contribution in [0.15, 0.2) is 175 Å². The van der Waals surface area contributed by atoms with Gasteiger partial charge in [0.15, 0.2) is 0 Å². The van der Waals surface area contributed by atoms with E-state index in [0.717, 1.165) is 231 Å². The van der Waals surface area contributed by atoms with E-state index < -0.39 is 15.6 Å². The molecule has 12 fully saturated rings. The number of benzene rings is 8. The summed E-state index contributed by atoms with van der Waals surface area (Å²) in [5.74, 6) is 12.9. The summed E-state index contributed by atoms with van der Waals surface area (Å²) < 4.78 is 91.2. The number of carbonyl (C=O) groups is 6. The number of nitrogens with two attached hydrogens (primary N) is 1. The highest BCUT2D eigenvalue weighted by atomic mass is 32.2. The Bertz CT molecular complexity index is 6160. The van der Waals surface area contributed by atoms with Crippen LogP contribution in [0.2, 0.25) is 0 Å². The molecule has 18 aliphatic rings. The molecule has 12 saturated carbocycles. The molecule has 0 aliphatic heterocycles. The Kier molecular flexibility index (Phi) is 26.0. The number of carbonyl (C=O) groups excluding carboxylic acids is 6. The number of halogens is 5. The molecule has 750 valence electrons. The number of nitrogens with zero attached hydrogens (tertiary/aromatic N) is 1. The Morgan fingerprint density at radius 3 is 1.01 bits per heavy atom. The molecule has 8 aromatic carbocycles. The standard InChI is InChI=1S/C31H31NO.C20H25FO.C19H21F3O4S.C18H21FO.C18H23NO.C18H22O2/c1-31-19-18-26-25-15-13-24(20-23(25)12-14-27(26)28(31)16-17-29(31)33)32-30(21-8-4-2-5-9-21)22-10-6-3-7-11-22;1-19(2)11-17-16-6-4-12-10-13(21)5-7-14(12)15(16)8-9-20(17,3)18(19)22;1-18-9-8-14-13-5-3-12(26-27(24,25)19(20,21)22)10-11(13)2-4-15(14)16(18)6-7-17(18)23;3*1-18-9-8-14-13-5-3-12(19)10-11(13)2-4-15(14)16(18)6-7-17(18)20/h2-11,13,15,20,26-28H,12,14,16-19H2,1H3;5,7,10,15-17H,4,6,8-9,11H2,1-3H3;3,5,10,14-16H,2,4,6-9H2,1H3;3,5,10,14-16H,2,4,6-9H2,1H3;3,5,10,14-16H,2,4,6-9,19H2,1H3;3,5,10,14-16,19H,2,4,6-9H2,1H3/t26?,27?,28?,31-;15?,16?,17?,20-;4*14?,15?,16?,18-/m000000/s1. The van der Waals surface area contributed by atoms with Gasteiger partial charge < -0.3 is 15.0 Å². The average molecular weight is 1950 g/mol. The number of aliphatic imine (C=N–C) groups is 1. The van der Waals surface area contributed by atoms with Crippen molar-refractivity contribution in [3.63, 3.8) is 0 Å². The van der Waals surface area contributed by atoms with E-state index in [4.69, 9.17) is 10.7 Å². The maximum absolute atomic E-state index is 13.5. The molecule has 3 N–H and O–H groups in total. The summed E-state index contributed by atoms with van der Waals surface area (Å²) in [5, 5.41) is 9.67. The van der Waals surface area contributed by atoms with Crippen LogP contribution in [0.25, 0.3) is 0 Å². The second-order valence-electron chi connectivity index (χ2n) is 48.9. The zero-order valence-corrected chi connectivity index (χ0v) is 85.1. The Balaban J connectivity index is 0.000000102. The third-order valence-electron chi connectivity index (χ3n) is 41.9. The molecule has 0 spiro atoms. The molecule has 18 aliphatic carbocycles. The summed E-state index contributed by atoms with van der Waals surface area (Å²) in [4.78, 5) is 79.8. The number of nitrogen functional groups attached to an aromatic ring is 1. The molecule has 0 radical (unpaired) electrons. The van der Waals surface area contributed by atoms with Gasteiger partial charge in [0, 0.05) is 86.8 Å². The number of ketones is 6. The van der Waals surface area contributed by atoms with E-state index in [0.29, 0.717) is 148 Å². The number of anilines is 1. The van der Waals surface area contributed by atoms with Crippen LogP contribution in [-0.2, 0) is 77.4 Å². The number of hydrogen-bond acceptors (Lipinski definition) is 12. The van der Waals surface area contributed by atoms with E-state index in [-0.39, 0.29) is 61.2 Å². The van der Waals surface area contributed by atoms with E-state index in [1.165, 1.54) is 93.5 Å². The molecule has 24 atom stereocenters. The van der Waals surface area contributed by atoms with Gasteiger partial charge in [0.1, 0.15) is 57.8 Å². The SMILES string of the molecule is CC1(C)CC2C3CCc4cc(F)ccc4C3CC[C@]2(C)C1=O.C[C@]12CCC3c4ccc(F)cc4CCC3C1CCC2=O.C[C@]12CCC3c4ccc(N)cc4CCC3C1CCC2=O.C[C@]12CCC3c4ccc(N=C(c5ccccc5)c5ccccc5)cc4CCC3C1CCC2=O.C[C@]12CCC3c4ccc(O)cc4CCC3C1CCC2=O.C[C@]12CCC3c4ccc(OS(=O)(=O)C(F)(F)F)cc4CCC3C1CCC2=O. The predicted molar refractivity (Wildman–Crippen MR) is 545 cm³/mol. The van der Waals surface area contributed by atoms with Crippen molar-refractivity contribution >= 4 is 61.9 Å². The molecule has 0 heterocycles. The average Bonchev–Trinajstić information content (AvgIpc) is 1.45. The van der Waals surface area contributed by atoms with E-state index in [1.807, 2.05) is 24.3 Å². The van der Waals surface area contributed by atoms with Gasteiger partial charge in [-0.25, -0.2) is 13.8 Å².